The maximum Gasteiger partial charge on any atom is 0.230 e. The maximum atomic E-state index is 12.4. The Bertz CT molecular complexity index is 1160. The van der Waals surface area contributed by atoms with Crippen molar-refractivity contribution in [1.82, 2.24) is 14.9 Å². The second-order valence-corrected chi connectivity index (χ2v) is 8.33. The number of aliphatic hydroxyl groups is 1. The first-order valence-electron chi connectivity index (χ1n) is 11.5. The normalized spacial score (nSPS) is 11.8. The van der Waals surface area contributed by atoms with Crippen molar-refractivity contribution < 1.29 is 9.90 Å². The second-order valence-electron chi connectivity index (χ2n) is 8.33. The lowest BCUT2D eigenvalue weighted by molar-refractivity contribution is -0.115. The van der Waals surface area contributed by atoms with Gasteiger partial charge in [-0.2, -0.15) is 0 Å². The lowest BCUT2D eigenvalue weighted by Gasteiger charge is -2.12. The number of anilines is 1. The van der Waals surface area contributed by atoms with Crippen LogP contribution in [0.15, 0.2) is 97.5 Å². The molecule has 6 nitrogen and oxygen atoms in total. The molecule has 0 aliphatic carbocycles. The van der Waals surface area contributed by atoms with Gasteiger partial charge < -0.3 is 20.3 Å². The van der Waals surface area contributed by atoms with Crippen LogP contribution in [-0.2, 0) is 24.2 Å². The van der Waals surface area contributed by atoms with Crippen molar-refractivity contribution in [3.05, 3.63) is 120 Å². The molecule has 6 heteroatoms. The third-order valence-corrected chi connectivity index (χ3v) is 5.59. The number of hydrogen-bond acceptors (Lipinski definition) is 4. The smallest absolute Gasteiger partial charge is 0.230 e. The topological polar surface area (TPSA) is 79.2 Å². The molecule has 0 aliphatic rings. The molecule has 3 aromatic carbocycles. The summed E-state index contributed by atoms with van der Waals surface area (Å²) < 4.78 is 1.99. The van der Waals surface area contributed by atoms with E-state index in [9.17, 15) is 9.90 Å². The number of carbonyl (C=O) groups is 1. The highest BCUT2D eigenvalue weighted by Crippen LogP contribution is 2.12. The van der Waals surface area contributed by atoms with Gasteiger partial charge in [0.05, 0.1) is 24.5 Å². The molecule has 1 amide bonds. The highest BCUT2D eigenvalue weighted by molar-refractivity contribution is 5.91. The molecular formula is C28H30N4O2. The molecule has 0 aliphatic heterocycles. The van der Waals surface area contributed by atoms with Gasteiger partial charge in [0.25, 0.3) is 0 Å². The molecule has 34 heavy (non-hydrogen) atoms. The fraction of sp³-hybridized carbons (Fsp3) is 0.214. The van der Waals surface area contributed by atoms with E-state index in [0.717, 1.165) is 36.5 Å². The van der Waals surface area contributed by atoms with Gasteiger partial charge in [-0.3, -0.25) is 4.79 Å². The zero-order chi connectivity index (χ0) is 23.6. The molecule has 1 heterocycles. The van der Waals surface area contributed by atoms with Crippen molar-refractivity contribution in [1.29, 1.82) is 0 Å². The lowest BCUT2D eigenvalue weighted by atomic mass is 10.1. The summed E-state index contributed by atoms with van der Waals surface area (Å²) in [5.41, 5.74) is 4.79. The molecule has 4 rings (SSSR count). The summed E-state index contributed by atoms with van der Waals surface area (Å²) in [4.78, 5) is 16.8. The van der Waals surface area contributed by atoms with Crippen molar-refractivity contribution in [2.24, 2.45) is 0 Å². The van der Waals surface area contributed by atoms with Crippen LogP contribution in [0.3, 0.4) is 0 Å². The van der Waals surface area contributed by atoms with Gasteiger partial charge in [0.2, 0.25) is 5.91 Å². The van der Waals surface area contributed by atoms with Crippen LogP contribution >= 0.6 is 0 Å². The van der Waals surface area contributed by atoms with E-state index in [4.69, 9.17) is 0 Å². The molecule has 174 valence electrons. The van der Waals surface area contributed by atoms with Gasteiger partial charge in [0.15, 0.2) is 0 Å². The van der Waals surface area contributed by atoms with Gasteiger partial charge in [-0.05, 0) is 41.8 Å². The first-order chi connectivity index (χ1) is 16.7. The summed E-state index contributed by atoms with van der Waals surface area (Å²) in [6, 6.07) is 27.7. The molecule has 1 atom stereocenters. The van der Waals surface area contributed by atoms with Crippen molar-refractivity contribution in [2.45, 2.75) is 25.5 Å². The van der Waals surface area contributed by atoms with Gasteiger partial charge in [-0.25, -0.2) is 4.98 Å². The number of benzene rings is 3. The van der Waals surface area contributed by atoms with E-state index < -0.39 is 6.10 Å². The van der Waals surface area contributed by atoms with Crippen LogP contribution in [0.2, 0.25) is 0 Å². The second kappa shape index (κ2) is 11.9. The monoisotopic (exact) mass is 454 g/mol. The lowest BCUT2D eigenvalue weighted by Crippen LogP contribution is -2.23. The van der Waals surface area contributed by atoms with Crippen LogP contribution in [-0.4, -0.2) is 33.7 Å². The van der Waals surface area contributed by atoms with Crippen LogP contribution in [0.5, 0.6) is 0 Å². The minimum atomic E-state index is -0.511. The molecule has 0 radical (unpaired) electrons. The summed E-state index contributed by atoms with van der Waals surface area (Å²) in [6.45, 7) is 2.01. The Labute approximate surface area is 200 Å². The molecule has 3 N–H and O–H groups in total. The SMILES string of the molecule is O=C(Cc1cn(Cc2ccccc2)cn1)Nc1ccc(CCNC[C@H](O)c2ccccc2)cc1. The highest BCUT2D eigenvalue weighted by Gasteiger charge is 2.08. The number of rotatable bonds is 11. The number of imidazole rings is 1. The maximum absolute atomic E-state index is 12.4. The summed E-state index contributed by atoms with van der Waals surface area (Å²) in [5.74, 6) is -0.0886. The summed E-state index contributed by atoms with van der Waals surface area (Å²) >= 11 is 0. The van der Waals surface area contributed by atoms with Crippen molar-refractivity contribution in [2.75, 3.05) is 18.4 Å². The first kappa shape index (κ1) is 23.4. The predicted molar refractivity (Wildman–Crippen MR) is 135 cm³/mol. The minimum absolute atomic E-state index is 0.0886. The van der Waals surface area contributed by atoms with Crippen LogP contribution in [0.25, 0.3) is 0 Å². The van der Waals surface area contributed by atoms with E-state index in [1.165, 1.54) is 11.1 Å². The molecule has 1 aromatic heterocycles. The Morgan fingerprint density at radius 3 is 2.35 bits per heavy atom. The number of amides is 1. The standard InChI is InChI=1S/C28H30N4O2/c33-27(24-9-5-2-6-10-24)18-29-16-15-22-11-13-25(14-12-22)31-28(34)17-26-20-32(21-30-26)19-23-7-3-1-4-8-23/h1-14,20-21,27,29,33H,15-19H2,(H,31,34)/t27-/m0/s1. The number of hydrogen-bond donors (Lipinski definition) is 3. The highest BCUT2D eigenvalue weighted by atomic mass is 16.3. The Morgan fingerprint density at radius 1 is 0.912 bits per heavy atom. The number of aromatic nitrogens is 2. The Morgan fingerprint density at radius 2 is 1.62 bits per heavy atom. The molecular weight excluding hydrogens is 424 g/mol. The summed E-state index contributed by atoms with van der Waals surface area (Å²) in [5, 5.41) is 16.4. The van der Waals surface area contributed by atoms with E-state index in [0.29, 0.717) is 6.54 Å². The van der Waals surface area contributed by atoms with Crippen LogP contribution in [0, 0.1) is 0 Å². The van der Waals surface area contributed by atoms with Gasteiger partial charge >= 0.3 is 0 Å². The molecule has 0 spiro atoms. The summed E-state index contributed by atoms with van der Waals surface area (Å²) in [7, 11) is 0. The zero-order valence-corrected chi connectivity index (χ0v) is 19.1. The van der Waals surface area contributed by atoms with E-state index in [1.54, 1.807) is 6.33 Å². The van der Waals surface area contributed by atoms with E-state index in [2.05, 4.69) is 27.8 Å². The molecule has 4 aromatic rings. The number of nitrogens with zero attached hydrogens (tertiary/aromatic N) is 2. The minimum Gasteiger partial charge on any atom is -0.387 e. The zero-order valence-electron chi connectivity index (χ0n) is 19.1. The van der Waals surface area contributed by atoms with Gasteiger partial charge in [-0.1, -0.05) is 72.8 Å². The van der Waals surface area contributed by atoms with Crippen LogP contribution in [0.4, 0.5) is 5.69 Å². The molecule has 0 saturated carbocycles. The van der Waals surface area contributed by atoms with E-state index in [1.807, 2.05) is 83.6 Å². The van der Waals surface area contributed by atoms with E-state index >= 15 is 0 Å². The van der Waals surface area contributed by atoms with Crippen molar-refractivity contribution in [3.8, 4) is 0 Å². The predicted octanol–water partition coefficient (Wildman–Crippen LogP) is 3.98. The molecule has 0 unspecified atom stereocenters. The number of aliphatic hydroxyl groups excluding tert-OH is 1. The average Bonchev–Trinajstić information content (AvgIpc) is 3.30. The van der Waals surface area contributed by atoms with Crippen molar-refractivity contribution in [3.63, 3.8) is 0 Å². The number of nitrogens with one attached hydrogen (secondary N) is 2. The van der Waals surface area contributed by atoms with Gasteiger partial charge in [0.1, 0.15) is 0 Å². The molecule has 0 bridgehead atoms. The molecule has 0 saturated heterocycles. The fourth-order valence-corrected chi connectivity index (χ4v) is 3.77. The largest absolute Gasteiger partial charge is 0.387 e. The first-order valence-corrected chi connectivity index (χ1v) is 11.5. The van der Waals surface area contributed by atoms with E-state index in [-0.39, 0.29) is 12.3 Å². The third-order valence-electron chi connectivity index (χ3n) is 5.59. The molecule has 0 fully saturated rings. The average molecular weight is 455 g/mol. The fourth-order valence-electron chi connectivity index (χ4n) is 3.77. The quantitative estimate of drug-likeness (QED) is 0.300. The Hall–Kier alpha value is -3.74. The van der Waals surface area contributed by atoms with Gasteiger partial charge in [0, 0.05) is 25.0 Å². The third kappa shape index (κ3) is 7.13. The Balaban J connectivity index is 1.18. The summed E-state index contributed by atoms with van der Waals surface area (Å²) in [6.07, 6.45) is 4.24. The van der Waals surface area contributed by atoms with Crippen LogP contribution in [0.1, 0.15) is 28.5 Å². The number of carbonyl (C=O) groups excluding carboxylic acids is 1. The van der Waals surface area contributed by atoms with Crippen molar-refractivity contribution >= 4 is 11.6 Å². The van der Waals surface area contributed by atoms with Gasteiger partial charge in [-0.15, -0.1) is 0 Å². The Kier molecular flexibility index (Phi) is 8.22. The van der Waals surface area contributed by atoms with Crippen LogP contribution < -0.4 is 10.6 Å².